The van der Waals surface area contributed by atoms with Crippen LogP contribution in [0.15, 0.2) is 30.3 Å². The van der Waals surface area contributed by atoms with Gasteiger partial charge in [-0.3, -0.25) is 0 Å². The minimum atomic E-state index is -0.826. The molecular formula is C16H25NO. The molecule has 1 fully saturated rings. The smallest absolute Gasteiger partial charge is 0.0936 e. The summed E-state index contributed by atoms with van der Waals surface area (Å²) in [6, 6.07) is 9.98. The maximum atomic E-state index is 11.1. The summed E-state index contributed by atoms with van der Waals surface area (Å²) in [4.78, 5) is 0. The summed E-state index contributed by atoms with van der Waals surface area (Å²) >= 11 is 0. The van der Waals surface area contributed by atoms with Crippen LogP contribution in [0.2, 0.25) is 0 Å². The standard InChI is InChI=1S/C16H25NO/c1-3-13-9-10-16(11-13,12-17)15(2,18)14-7-5-4-6-8-14/h4-8,13,18H,3,9-12,17H2,1-2H3. The van der Waals surface area contributed by atoms with Gasteiger partial charge in [-0.25, -0.2) is 0 Å². The molecule has 1 saturated carbocycles. The SMILES string of the molecule is CCC1CCC(CN)(C(C)(O)c2ccccc2)C1. The second kappa shape index (κ2) is 5.02. The summed E-state index contributed by atoms with van der Waals surface area (Å²) in [5.74, 6) is 0.712. The van der Waals surface area contributed by atoms with E-state index in [2.05, 4.69) is 6.92 Å². The third kappa shape index (κ3) is 2.08. The second-order valence-electron chi connectivity index (χ2n) is 5.94. The largest absolute Gasteiger partial charge is 0.385 e. The quantitative estimate of drug-likeness (QED) is 0.859. The molecule has 1 aromatic rings. The second-order valence-corrected chi connectivity index (χ2v) is 5.94. The van der Waals surface area contributed by atoms with Gasteiger partial charge in [0.2, 0.25) is 0 Å². The van der Waals surface area contributed by atoms with Crippen molar-refractivity contribution in [3.05, 3.63) is 35.9 Å². The van der Waals surface area contributed by atoms with Crippen molar-refractivity contribution in [2.45, 2.75) is 45.1 Å². The van der Waals surface area contributed by atoms with E-state index in [0.717, 1.165) is 18.4 Å². The molecule has 2 nitrogen and oxygen atoms in total. The van der Waals surface area contributed by atoms with Crippen molar-refractivity contribution in [1.82, 2.24) is 0 Å². The Morgan fingerprint density at radius 3 is 2.56 bits per heavy atom. The molecule has 1 aliphatic carbocycles. The molecule has 0 radical (unpaired) electrons. The fraction of sp³-hybridized carbons (Fsp3) is 0.625. The maximum Gasteiger partial charge on any atom is 0.0936 e. The molecule has 0 spiro atoms. The van der Waals surface area contributed by atoms with Crippen molar-refractivity contribution in [3.8, 4) is 0 Å². The van der Waals surface area contributed by atoms with Gasteiger partial charge in [-0.1, -0.05) is 43.7 Å². The van der Waals surface area contributed by atoms with Gasteiger partial charge in [-0.2, -0.15) is 0 Å². The number of hydrogen-bond donors (Lipinski definition) is 2. The highest BCUT2D eigenvalue weighted by atomic mass is 16.3. The molecule has 100 valence electrons. The molecular weight excluding hydrogens is 222 g/mol. The van der Waals surface area contributed by atoms with Crippen LogP contribution in [0.25, 0.3) is 0 Å². The fourth-order valence-electron chi connectivity index (χ4n) is 3.48. The Balaban J connectivity index is 2.33. The Hall–Kier alpha value is -0.860. The van der Waals surface area contributed by atoms with E-state index in [0.29, 0.717) is 12.5 Å². The number of nitrogens with two attached hydrogens (primary N) is 1. The molecule has 1 aliphatic rings. The van der Waals surface area contributed by atoms with E-state index in [4.69, 9.17) is 5.73 Å². The zero-order valence-corrected chi connectivity index (χ0v) is 11.5. The van der Waals surface area contributed by atoms with Crippen LogP contribution in [0.1, 0.15) is 45.1 Å². The molecule has 0 bridgehead atoms. The Morgan fingerprint density at radius 2 is 2.06 bits per heavy atom. The van der Waals surface area contributed by atoms with E-state index in [-0.39, 0.29) is 5.41 Å². The molecule has 0 amide bonds. The molecule has 0 aliphatic heterocycles. The Kier molecular flexibility index (Phi) is 3.79. The highest BCUT2D eigenvalue weighted by Gasteiger charge is 2.50. The Bertz CT molecular complexity index is 387. The summed E-state index contributed by atoms with van der Waals surface area (Å²) in [6.45, 7) is 4.73. The first-order chi connectivity index (χ1) is 8.55. The van der Waals surface area contributed by atoms with E-state index in [1.165, 1.54) is 12.8 Å². The average Bonchev–Trinajstić information content (AvgIpc) is 2.85. The lowest BCUT2D eigenvalue weighted by molar-refractivity contribution is -0.0715. The van der Waals surface area contributed by atoms with Gasteiger partial charge in [0.1, 0.15) is 0 Å². The van der Waals surface area contributed by atoms with Crippen molar-refractivity contribution >= 4 is 0 Å². The molecule has 3 unspecified atom stereocenters. The third-order valence-electron chi connectivity index (χ3n) is 5.05. The summed E-state index contributed by atoms with van der Waals surface area (Å²) in [5, 5.41) is 11.1. The summed E-state index contributed by atoms with van der Waals surface area (Å²) in [5.41, 5.74) is 6.06. The lowest BCUT2D eigenvalue weighted by atomic mass is 9.67. The summed E-state index contributed by atoms with van der Waals surface area (Å²) in [6.07, 6.45) is 4.45. The minimum absolute atomic E-state index is 0.158. The fourth-order valence-corrected chi connectivity index (χ4v) is 3.48. The van der Waals surface area contributed by atoms with Gasteiger partial charge >= 0.3 is 0 Å². The maximum absolute atomic E-state index is 11.1. The number of aliphatic hydroxyl groups is 1. The Morgan fingerprint density at radius 1 is 1.39 bits per heavy atom. The van der Waals surface area contributed by atoms with Gasteiger partial charge in [-0.05, 0) is 37.7 Å². The molecule has 0 aromatic heterocycles. The van der Waals surface area contributed by atoms with Crippen LogP contribution >= 0.6 is 0 Å². The van der Waals surface area contributed by atoms with E-state index in [9.17, 15) is 5.11 Å². The first kappa shape index (κ1) is 13.6. The molecule has 2 heteroatoms. The monoisotopic (exact) mass is 247 g/mol. The van der Waals surface area contributed by atoms with Crippen LogP contribution in [-0.2, 0) is 5.60 Å². The van der Waals surface area contributed by atoms with Crippen LogP contribution in [0.4, 0.5) is 0 Å². The van der Waals surface area contributed by atoms with Crippen molar-refractivity contribution in [2.24, 2.45) is 17.1 Å². The van der Waals surface area contributed by atoms with Crippen LogP contribution in [0, 0.1) is 11.3 Å². The zero-order chi connectivity index (χ0) is 13.2. The average molecular weight is 247 g/mol. The number of hydrogen-bond acceptors (Lipinski definition) is 2. The van der Waals surface area contributed by atoms with Gasteiger partial charge in [0.25, 0.3) is 0 Å². The van der Waals surface area contributed by atoms with Crippen molar-refractivity contribution in [2.75, 3.05) is 6.54 Å². The van der Waals surface area contributed by atoms with Gasteiger partial charge in [0, 0.05) is 12.0 Å². The van der Waals surface area contributed by atoms with Crippen LogP contribution in [-0.4, -0.2) is 11.7 Å². The molecule has 3 atom stereocenters. The first-order valence-corrected chi connectivity index (χ1v) is 7.04. The lowest BCUT2D eigenvalue weighted by Crippen LogP contribution is -2.47. The predicted molar refractivity (Wildman–Crippen MR) is 75.1 cm³/mol. The number of rotatable bonds is 4. The molecule has 18 heavy (non-hydrogen) atoms. The molecule has 2 rings (SSSR count). The zero-order valence-electron chi connectivity index (χ0n) is 11.5. The number of benzene rings is 1. The van der Waals surface area contributed by atoms with Crippen molar-refractivity contribution in [1.29, 1.82) is 0 Å². The highest BCUT2D eigenvalue weighted by molar-refractivity contribution is 5.25. The molecule has 0 saturated heterocycles. The Labute approximate surface area is 110 Å². The predicted octanol–water partition coefficient (Wildman–Crippen LogP) is 3.05. The first-order valence-electron chi connectivity index (χ1n) is 7.04. The van der Waals surface area contributed by atoms with E-state index in [1.54, 1.807) is 0 Å². The van der Waals surface area contributed by atoms with Gasteiger partial charge in [0.05, 0.1) is 5.60 Å². The van der Waals surface area contributed by atoms with Crippen LogP contribution in [0.5, 0.6) is 0 Å². The summed E-state index contributed by atoms with van der Waals surface area (Å²) in [7, 11) is 0. The summed E-state index contributed by atoms with van der Waals surface area (Å²) < 4.78 is 0. The molecule has 0 heterocycles. The van der Waals surface area contributed by atoms with Gasteiger partial charge < -0.3 is 10.8 Å². The third-order valence-corrected chi connectivity index (χ3v) is 5.05. The normalized spacial score (nSPS) is 31.2. The lowest BCUT2D eigenvalue weighted by Gasteiger charge is -2.43. The van der Waals surface area contributed by atoms with Crippen molar-refractivity contribution < 1.29 is 5.11 Å². The van der Waals surface area contributed by atoms with Gasteiger partial charge in [-0.15, -0.1) is 0 Å². The van der Waals surface area contributed by atoms with E-state index < -0.39 is 5.60 Å². The highest BCUT2D eigenvalue weighted by Crippen LogP contribution is 2.53. The minimum Gasteiger partial charge on any atom is -0.385 e. The van der Waals surface area contributed by atoms with Crippen LogP contribution in [0.3, 0.4) is 0 Å². The van der Waals surface area contributed by atoms with Gasteiger partial charge in [0.15, 0.2) is 0 Å². The molecule has 3 N–H and O–H groups in total. The topological polar surface area (TPSA) is 46.2 Å². The van der Waals surface area contributed by atoms with E-state index >= 15 is 0 Å². The van der Waals surface area contributed by atoms with E-state index in [1.807, 2.05) is 37.3 Å². The molecule has 1 aromatic carbocycles. The van der Waals surface area contributed by atoms with Crippen molar-refractivity contribution in [3.63, 3.8) is 0 Å². The van der Waals surface area contributed by atoms with Crippen LogP contribution < -0.4 is 5.73 Å².